The van der Waals surface area contributed by atoms with E-state index in [0.717, 1.165) is 44.6 Å². The molecule has 5 heteroatoms. The van der Waals surface area contributed by atoms with E-state index in [9.17, 15) is 9.59 Å². The lowest BCUT2D eigenvalue weighted by molar-refractivity contribution is -0.127. The minimum Gasteiger partial charge on any atom is -0.353 e. The van der Waals surface area contributed by atoms with Crippen molar-refractivity contribution in [2.45, 2.75) is 52.5 Å². The number of hydrogen-bond donors (Lipinski definition) is 1. The van der Waals surface area contributed by atoms with Gasteiger partial charge in [0, 0.05) is 44.3 Å². The number of aryl methyl sites for hydroxylation is 1. The van der Waals surface area contributed by atoms with Gasteiger partial charge in [-0.2, -0.15) is 0 Å². The van der Waals surface area contributed by atoms with Crippen LogP contribution in [0.25, 0.3) is 0 Å². The number of piperidine rings is 1. The Morgan fingerprint density at radius 1 is 1.18 bits per heavy atom. The molecule has 152 valence electrons. The average molecular weight is 384 g/mol. The Bertz CT molecular complexity index is 714. The van der Waals surface area contributed by atoms with Gasteiger partial charge < -0.3 is 10.2 Å². The van der Waals surface area contributed by atoms with Gasteiger partial charge in [-0.05, 0) is 50.8 Å². The van der Waals surface area contributed by atoms with Crippen LogP contribution >= 0.6 is 0 Å². The molecule has 1 aromatic rings. The van der Waals surface area contributed by atoms with Gasteiger partial charge in [-0.25, -0.2) is 0 Å². The average Bonchev–Trinajstić information content (AvgIpc) is 3.09. The van der Waals surface area contributed by atoms with Crippen molar-refractivity contribution in [3.63, 3.8) is 0 Å². The molecule has 0 spiro atoms. The van der Waals surface area contributed by atoms with Gasteiger partial charge in [-0.1, -0.05) is 30.7 Å². The van der Waals surface area contributed by atoms with Crippen molar-refractivity contribution < 1.29 is 9.59 Å². The van der Waals surface area contributed by atoms with Crippen molar-refractivity contribution in [2.75, 3.05) is 31.1 Å². The quantitative estimate of drug-likeness (QED) is 0.768. The minimum atomic E-state index is -0.248. The normalized spacial score (nSPS) is 21.0. The maximum absolute atomic E-state index is 12.7. The summed E-state index contributed by atoms with van der Waals surface area (Å²) in [4.78, 5) is 29.3. The van der Waals surface area contributed by atoms with Crippen molar-refractivity contribution in [1.29, 1.82) is 0 Å². The van der Waals surface area contributed by atoms with Crippen molar-refractivity contribution in [2.24, 2.45) is 5.92 Å². The first kappa shape index (κ1) is 20.6. The van der Waals surface area contributed by atoms with Crippen LogP contribution in [-0.4, -0.2) is 48.9 Å². The smallest absolute Gasteiger partial charge is 0.227 e. The molecule has 0 aliphatic carbocycles. The maximum Gasteiger partial charge on any atom is 0.227 e. The first-order valence-corrected chi connectivity index (χ1v) is 10.5. The van der Waals surface area contributed by atoms with Crippen LogP contribution in [0.1, 0.15) is 45.6 Å². The molecule has 3 rings (SSSR count). The van der Waals surface area contributed by atoms with Crippen molar-refractivity contribution in [3.05, 3.63) is 41.5 Å². The molecule has 1 N–H and O–H groups in total. The van der Waals surface area contributed by atoms with Crippen LogP contribution in [0, 0.1) is 5.92 Å². The largest absolute Gasteiger partial charge is 0.353 e. The number of carbonyl (C=O) groups is 2. The molecule has 0 saturated carbocycles. The topological polar surface area (TPSA) is 52.7 Å². The van der Waals surface area contributed by atoms with Crippen LogP contribution in [0.5, 0.6) is 0 Å². The Balaban J connectivity index is 1.49. The molecule has 2 saturated heterocycles. The van der Waals surface area contributed by atoms with E-state index in [-0.39, 0.29) is 23.8 Å². The van der Waals surface area contributed by atoms with E-state index in [1.54, 1.807) is 4.90 Å². The van der Waals surface area contributed by atoms with Gasteiger partial charge in [0.15, 0.2) is 0 Å². The van der Waals surface area contributed by atoms with E-state index in [0.29, 0.717) is 13.0 Å². The third-order valence-electron chi connectivity index (χ3n) is 5.84. The van der Waals surface area contributed by atoms with Crippen LogP contribution in [-0.2, 0) is 16.0 Å². The van der Waals surface area contributed by atoms with Gasteiger partial charge >= 0.3 is 0 Å². The van der Waals surface area contributed by atoms with Gasteiger partial charge in [-0.3, -0.25) is 14.5 Å². The SMILES string of the molecule is CCc1ccc(N2CC(C(=O)NC3CCN(CC=C(C)C)CC3)CC2=O)cc1. The Labute approximate surface area is 168 Å². The molecule has 2 aliphatic heterocycles. The van der Waals surface area contributed by atoms with E-state index in [4.69, 9.17) is 0 Å². The highest BCUT2D eigenvalue weighted by molar-refractivity contribution is 6.00. The number of nitrogens with one attached hydrogen (secondary N) is 1. The molecular weight excluding hydrogens is 350 g/mol. The predicted octanol–water partition coefficient (Wildman–Crippen LogP) is 3.15. The summed E-state index contributed by atoms with van der Waals surface area (Å²) in [5.41, 5.74) is 3.49. The highest BCUT2D eigenvalue weighted by Gasteiger charge is 2.36. The molecule has 1 aromatic carbocycles. The predicted molar refractivity (Wildman–Crippen MR) is 113 cm³/mol. The summed E-state index contributed by atoms with van der Waals surface area (Å²) >= 11 is 0. The Morgan fingerprint density at radius 2 is 1.86 bits per heavy atom. The van der Waals surface area contributed by atoms with Crippen molar-refractivity contribution in [1.82, 2.24) is 10.2 Å². The number of allylic oxidation sites excluding steroid dienone is 1. The van der Waals surface area contributed by atoms with E-state index in [1.807, 2.05) is 12.1 Å². The van der Waals surface area contributed by atoms with E-state index in [2.05, 4.69) is 49.2 Å². The molecule has 0 aromatic heterocycles. The number of amides is 2. The summed E-state index contributed by atoms with van der Waals surface area (Å²) in [5.74, 6) is -0.174. The number of likely N-dealkylation sites (tertiary alicyclic amines) is 1. The fourth-order valence-electron chi connectivity index (χ4n) is 3.93. The van der Waals surface area contributed by atoms with Crippen LogP contribution in [0.2, 0.25) is 0 Å². The van der Waals surface area contributed by atoms with E-state index >= 15 is 0 Å². The Morgan fingerprint density at radius 3 is 2.46 bits per heavy atom. The molecule has 1 atom stereocenters. The third-order valence-corrected chi connectivity index (χ3v) is 5.84. The number of rotatable bonds is 6. The minimum absolute atomic E-state index is 0.0313. The number of carbonyl (C=O) groups excluding carboxylic acids is 2. The zero-order valence-corrected chi connectivity index (χ0v) is 17.4. The van der Waals surface area contributed by atoms with Crippen LogP contribution in [0.4, 0.5) is 5.69 Å². The van der Waals surface area contributed by atoms with Crippen molar-refractivity contribution in [3.8, 4) is 0 Å². The Hall–Kier alpha value is -2.14. The lowest BCUT2D eigenvalue weighted by atomic mass is 10.0. The molecule has 2 aliphatic rings. The van der Waals surface area contributed by atoms with Gasteiger partial charge in [-0.15, -0.1) is 0 Å². The van der Waals surface area contributed by atoms with Crippen LogP contribution < -0.4 is 10.2 Å². The number of anilines is 1. The maximum atomic E-state index is 12.7. The molecule has 28 heavy (non-hydrogen) atoms. The molecule has 2 amide bonds. The van der Waals surface area contributed by atoms with E-state index in [1.165, 1.54) is 11.1 Å². The van der Waals surface area contributed by atoms with Crippen LogP contribution in [0.3, 0.4) is 0 Å². The molecule has 1 unspecified atom stereocenters. The number of hydrogen-bond acceptors (Lipinski definition) is 3. The van der Waals surface area contributed by atoms with Gasteiger partial charge in [0.1, 0.15) is 0 Å². The molecular formula is C23H33N3O2. The highest BCUT2D eigenvalue weighted by atomic mass is 16.2. The summed E-state index contributed by atoms with van der Waals surface area (Å²) < 4.78 is 0. The first-order chi connectivity index (χ1) is 13.5. The molecule has 0 bridgehead atoms. The summed E-state index contributed by atoms with van der Waals surface area (Å²) in [5, 5.41) is 3.20. The monoisotopic (exact) mass is 383 g/mol. The highest BCUT2D eigenvalue weighted by Crippen LogP contribution is 2.26. The zero-order valence-electron chi connectivity index (χ0n) is 17.4. The standard InChI is InChI=1S/C23H33N3O2/c1-4-18-5-7-21(8-6-18)26-16-19(15-22(26)27)23(28)24-20-10-13-25(14-11-20)12-9-17(2)3/h5-9,19-20H,4,10-16H2,1-3H3,(H,24,28). The second kappa shape index (κ2) is 9.37. The van der Waals surface area contributed by atoms with Crippen LogP contribution in [0.15, 0.2) is 35.9 Å². The van der Waals surface area contributed by atoms with Gasteiger partial charge in [0.25, 0.3) is 0 Å². The lowest BCUT2D eigenvalue weighted by Crippen LogP contribution is -2.46. The summed E-state index contributed by atoms with van der Waals surface area (Å²) in [6.07, 6.45) is 5.49. The molecule has 2 heterocycles. The fourth-order valence-corrected chi connectivity index (χ4v) is 3.93. The van der Waals surface area contributed by atoms with E-state index < -0.39 is 0 Å². The third kappa shape index (κ3) is 5.22. The lowest BCUT2D eigenvalue weighted by Gasteiger charge is -2.32. The second-order valence-corrected chi connectivity index (χ2v) is 8.29. The summed E-state index contributed by atoms with van der Waals surface area (Å²) in [7, 11) is 0. The van der Waals surface area contributed by atoms with Gasteiger partial charge in [0.2, 0.25) is 11.8 Å². The number of benzene rings is 1. The van der Waals surface area contributed by atoms with Gasteiger partial charge in [0.05, 0.1) is 5.92 Å². The zero-order chi connectivity index (χ0) is 20.1. The second-order valence-electron chi connectivity index (χ2n) is 8.29. The molecule has 0 radical (unpaired) electrons. The Kier molecular flexibility index (Phi) is 6.89. The number of nitrogens with zero attached hydrogens (tertiary/aromatic N) is 2. The summed E-state index contributed by atoms with van der Waals surface area (Å²) in [6.45, 7) is 9.85. The first-order valence-electron chi connectivity index (χ1n) is 10.5. The van der Waals surface area contributed by atoms with Crippen molar-refractivity contribution >= 4 is 17.5 Å². The summed E-state index contributed by atoms with van der Waals surface area (Å²) in [6, 6.07) is 8.31. The molecule has 2 fully saturated rings. The molecule has 5 nitrogen and oxygen atoms in total. The fraction of sp³-hybridized carbons (Fsp3) is 0.565.